The number of carbonyl (C=O) groups excluding carboxylic acids is 1. The molecule has 1 saturated carbocycles. The molecule has 1 aliphatic carbocycles. The molecule has 1 aromatic carbocycles. The number of ether oxygens (including phenoxy) is 1. The van der Waals surface area contributed by atoms with E-state index in [1.54, 1.807) is 0 Å². The summed E-state index contributed by atoms with van der Waals surface area (Å²) in [5, 5.41) is 3.04. The lowest BCUT2D eigenvalue weighted by Gasteiger charge is -2.24. The van der Waals surface area contributed by atoms with Crippen LogP contribution in [0, 0.1) is 5.92 Å². The predicted molar refractivity (Wildman–Crippen MR) is 91.1 cm³/mol. The summed E-state index contributed by atoms with van der Waals surface area (Å²) < 4.78 is 30.9. The van der Waals surface area contributed by atoms with Gasteiger partial charge < -0.3 is 10.1 Å². The molecule has 2 aliphatic rings. The molecule has 24 heavy (non-hydrogen) atoms. The van der Waals surface area contributed by atoms with Gasteiger partial charge >= 0.3 is 0 Å². The summed E-state index contributed by atoms with van der Waals surface area (Å²) in [7, 11) is -0.278. The molecule has 0 aromatic heterocycles. The molecule has 2 fully saturated rings. The number of carbonyl (C=O) groups is 1. The fraction of sp³-hybridized carbons (Fsp3) is 0.588. The van der Waals surface area contributed by atoms with Gasteiger partial charge in [0.1, 0.15) is 0 Å². The second-order valence-electron chi connectivity index (χ2n) is 6.89. The largest absolute Gasteiger partial charge is 0.379 e. The van der Waals surface area contributed by atoms with Crippen molar-refractivity contribution in [2.75, 3.05) is 33.1 Å². The Morgan fingerprint density at radius 1 is 1.25 bits per heavy atom. The van der Waals surface area contributed by atoms with Crippen LogP contribution in [0.25, 0.3) is 0 Å². The van der Waals surface area contributed by atoms with Crippen LogP contribution in [-0.4, -0.2) is 57.7 Å². The van der Waals surface area contributed by atoms with E-state index < -0.39 is 15.4 Å². The Morgan fingerprint density at radius 3 is 2.50 bits per heavy atom. The molecule has 2 atom stereocenters. The Balaban J connectivity index is 1.68. The van der Waals surface area contributed by atoms with E-state index >= 15 is 0 Å². The first-order chi connectivity index (χ1) is 11.3. The second kappa shape index (κ2) is 6.46. The van der Waals surface area contributed by atoms with Gasteiger partial charge in [0.25, 0.3) is 0 Å². The van der Waals surface area contributed by atoms with Crippen LogP contribution in [0.1, 0.15) is 18.4 Å². The number of amides is 1. The molecule has 0 radical (unpaired) electrons. The van der Waals surface area contributed by atoms with Gasteiger partial charge in [-0.05, 0) is 18.4 Å². The Hall–Kier alpha value is -1.44. The lowest BCUT2D eigenvalue weighted by atomic mass is 9.94. The van der Waals surface area contributed by atoms with Crippen LogP contribution in [0.5, 0.6) is 0 Å². The molecule has 0 bridgehead atoms. The van der Waals surface area contributed by atoms with Crippen LogP contribution in [-0.2, 0) is 25.0 Å². The standard InChI is InChI=1S/C17H24N2O4S/c1-19(2)24(21,22)12-13-10-23-11-15(13)18-16(20)17(8-9-17)14-6-4-3-5-7-14/h3-7,13,15H,8-12H2,1-2H3,(H,18,20). The molecule has 1 N–H and O–H groups in total. The van der Waals surface area contributed by atoms with E-state index in [0.717, 1.165) is 18.4 Å². The number of nitrogens with one attached hydrogen (secondary N) is 1. The highest BCUT2D eigenvalue weighted by molar-refractivity contribution is 7.89. The van der Waals surface area contributed by atoms with E-state index in [0.29, 0.717) is 13.2 Å². The number of hydrogen-bond donors (Lipinski definition) is 1. The molecular weight excluding hydrogens is 328 g/mol. The first-order valence-electron chi connectivity index (χ1n) is 8.20. The van der Waals surface area contributed by atoms with Gasteiger partial charge in [-0.1, -0.05) is 30.3 Å². The van der Waals surface area contributed by atoms with Crippen LogP contribution < -0.4 is 5.32 Å². The fourth-order valence-electron chi connectivity index (χ4n) is 3.18. The molecule has 0 spiro atoms. The summed E-state index contributed by atoms with van der Waals surface area (Å²) >= 11 is 0. The zero-order valence-electron chi connectivity index (χ0n) is 14.1. The minimum absolute atomic E-state index is 0.0106. The van der Waals surface area contributed by atoms with Crippen molar-refractivity contribution < 1.29 is 17.9 Å². The lowest BCUT2D eigenvalue weighted by molar-refractivity contribution is -0.124. The quantitative estimate of drug-likeness (QED) is 0.819. The zero-order valence-corrected chi connectivity index (χ0v) is 14.9. The summed E-state index contributed by atoms with van der Waals surface area (Å²) in [6, 6.07) is 9.51. The minimum atomic E-state index is -3.32. The Labute approximate surface area is 143 Å². The molecule has 1 aromatic rings. The normalized spacial score (nSPS) is 25.6. The molecule has 1 aliphatic heterocycles. The third-order valence-electron chi connectivity index (χ3n) is 5.01. The van der Waals surface area contributed by atoms with Crippen LogP contribution in [0.15, 0.2) is 30.3 Å². The zero-order chi connectivity index (χ0) is 17.4. The molecule has 7 heteroatoms. The summed E-state index contributed by atoms with van der Waals surface area (Å²) in [4.78, 5) is 12.8. The molecule has 3 rings (SSSR count). The third-order valence-corrected chi connectivity index (χ3v) is 6.97. The minimum Gasteiger partial charge on any atom is -0.379 e. The fourth-order valence-corrected chi connectivity index (χ4v) is 4.35. The van der Waals surface area contributed by atoms with E-state index in [1.165, 1.54) is 18.4 Å². The van der Waals surface area contributed by atoms with Crippen molar-refractivity contribution in [3.8, 4) is 0 Å². The van der Waals surface area contributed by atoms with Crippen molar-refractivity contribution >= 4 is 15.9 Å². The molecule has 6 nitrogen and oxygen atoms in total. The maximum absolute atomic E-state index is 12.8. The number of sulfonamides is 1. The maximum atomic E-state index is 12.8. The maximum Gasteiger partial charge on any atom is 0.230 e. The number of nitrogens with zero attached hydrogens (tertiary/aromatic N) is 1. The molecule has 132 valence electrons. The van der Waals surface area contributed by atoms with Gasteiger partial charge in [-0.15, -0.1) is 0 Å². The molecule has 1 heterocycles. The monoisotopic (exact) mass is 352 g/mol. The third kappa shape index (κ3) is 3.34. The van der Waals surface area contributed by atoms with E-state index in [4.69, 9.17) is 4.74 Å². The number of rotatable bonds is 6. The average Bonchev–Trinajstić information content (AvgIpc) is 3.26. The van der Waals surface area contributed by atoms with Crippen LogP contribution >= 0.6 is 0 Å². The second-order valence-corrected chi connectivity index (χ2v) is 9.11. The Kier molecular flexibility index (Phi) is 4.68. The van der Waals surface area contributed by atoms with Crippen LogP contribution in [0.3, 0.4) is 0 Å². The highest BCUT2D eigenvalue weighted by Gasteiger charge is 2.52. The smallest absolute Gasteiger partial charge is 0.230 e. The average molecular weight is 352 g/mol. The molecule has 1 amide bonds. The number of benzene rings is 1. The van der Waals surface area contributed by atoms with Crippen molar-refractivity contribution in [3.05, 3.63) is 35.9 Å². The first-order valence-corrected chi connectivity index (χ1v) is 9.80. The van der Waals surface area contributed by atoms with Gasteiger partial charge in [-0.2, -0.15) is 0 Å². The van der Waals surface area contributed by atoms with Crippen molar-refractivity contribution in [2.24, 2.45) is 5.92 Å². The van der Waals surface area contributed by atoms with Gasteiger partial charge in [-0.25, -0.2) is 12.7 Å². The van der Waals surface area contributed by atoms with Gasteiger partial charge in [0.2, 0.25) is 15.9 Å². The van der Waals surface area contributed by atoms with Crippen molar-refractivity contribution in [2.45, 2.75) is 24.3 Å². The summed E-state index contributed by atoms with van der Waals surface area (Å²) in [6.45, 7) is 0.723. The number of hydrogen-bond acceptors (Lipinski definition) is 4. The van der Waals surface area contributed by atoms with Crippen LogP contribution in [0.2, 0.25) is 0 Å². The lowest BCUT2D eigenvalue weighted by Crippen LogP contribution is -2.47. The van der Waals surface area contributed by atoms with Gasteiger partial charge in [0.15, 0.2) is 0 Å². The van der Waals surface area contributed by atoms with Gasteiger partial charge in [0.05, 0.1) is 30.4 Å². The van der Waals surface area contributed by atoms with Gasteiger partial charge in [-0.3, -0.25) is 4.79 Å². The summed E-state index contributed by atoms with van der Waals surface area (Å²) in [6.07, 6.45) is 1.66. The van der Waals surface area contributed by atoms with E-state index in [2.05, 4.69) is 5.32 Å². The first kappa shape index (κ1) is 17.4. The Bertz CT molecular complexity index is 699. The highest BCUT2D eigenvalue weighted by Crippen LogP contribution is 2.48. The van der Waals surface area contributed by atoms with Gasteiger partial charge in [0, 0.05) is 20.0 Å². The van der Waals surface area contributed by atoms with E-state index in [9.17, 15) is 13.2 Å². The van der Waals surface area contributed by atoms with Crippen molar-refractivity contribution in [3.63, 3.8) is 0 Å². The molecular formula is C17H24N2O4S. The van der Waals surface area contributed by atoms with Crippen molar-refractivity contribution in [1.29, 1.82) is 0 Å². The van der Waals surface area contributed by atoms with E-state index in [1.807, 2.05) is 30.3 Å². The Morgan fingerprint density at radius 2 is 1.92 bits per heavy atom. The summed E-state index contributed by atoms with van der Waals surface area (Å²) in [5.41, 5.74) is 0.577. The topological polar surface area (TPSA) is 75.7 Å². The highest BCUT2D eigenvalue weighted by atomic mass is 32.2. The van der Waals surface area contributed by atoms with Crippen molar-refractivity contribution in [1.82, 2.24) is 9.62 Å². The predicted octanol–water partition coefficient (Wildman–Crippen LogP) is 0.741. The SMILES string of the molecule is CN(C)S(=O)(=O)CC1COCC1NC(=O)C1(c2ccccc2)CC1. The molecule has 2 unspecified atom stereocenters. The summed E-state index contributed by atoms with van der Waals surface area (Å²) in [5.74, 6) is -0.243. The van der Waals surface area contributed by atoms with Crippen LogP contribution in [0.4, 0.5) is 0 Å². The molecule has 1 saturated heterocycles. The van der Waals surface area contributed by atoms with E-state index in [-0.39, 0.29) is 23.6 Å².